The first-order chi connectivity index (χ1) is 15.9. The molecule has 6 heteroatoms. The molecule has 0 spiro atoms. The van der Waals surface area contributed by atoms with E-state index in [-0.39, 0.29) is 0 Å². The first-order valence-corrected chi connectivity index (χ1v) is 9.99. The Morgan fingerprint density at radius 2 is 1.28 bits per heavy atom. The van der Waals surface area contributed by atoms with Crippen molar-refractivity contribution < 1.29 is 0 Å². The highest BCUT2D eigenvalue weighted by atomic mass is 15.0. The fraction of sp³-hybridized carbons (Fsp3) is 0. The molecule has 0 fully saturated rings. The van der Waals surface area contributed by atoms with Gasteiger partial charge < -0.3 is 9.55 Å². The van der Waals surface area contributed by atoms with Crippen molar-refractivity contribution in [2.75, 3.05) is 0 Å². The maximum absolute atomic E-state index is 4.18. The number of aromatic amines is 1. The summed E-state index contributed by atoms with van der Waals surface area (Å²) in [7, 11) is 0. The van der Waals surface area contributed by atoms with Gasteiger partial charge in [0.1, 0.15) is 0 Å². The molecule has 6 aromatic rings. The molecular formula is C26H24N6. The summed E-state index contributed by atoms with van der Waals surface area (Å²) in [5.74, 6) is 0. The molecule has 0 aliphatic rings. The molecule has 1 N–H and O–H groups in total. The molecule has 0 aliphatic carbocycles. The van der Waals surface area contributed by atoms with Crippen LogP contribution in [-0.2, 0) is 0 Å². The minimum absolute atomic E-state index is 1.06. The Hall–Kier alpha value is -4.58. The van der Waals surface area contributed by atoms with E-state index in [2.05, 4.69) is 55.8 Å². The molecule has 0 bridgehead atoms. The van der Waals surface area contributed by atoms with Crippen LogP contribution in [0.25, 0.3) is 28.0 Å². The van der Waals surface area contributed by atoms with Gasteiger partial charge in [-0.05, 0) is 24.3 Å². The van der Waals surface area contributed by atoms with E-state index < -0.39 is 0 Å². The number of para-hydroxylation sites is 2. The number of imidazole rings is 2. The lowest BCUT2D eigenvalue weighted by Gasteiger charge is -1.91. The maximum atomic E-state index is 4.18. The van der Waals surface area contributed by atoms with Crippen molar-refractivity contribution in [3.63, 3.8) is 0 Å². The van der Waals surface area contributed by atoms with E-state index in [0.717, 1.165) is 11.0 Å². The zero-order valence-electron chi connectivity index (χ0n) is 17.6. The standard InChI is InChI=1S/2C9H7N.C5H6N2.C3H4N2/c2*1-2-6-9-8(4-1)5-3-7-10-9;1-2-7-4-3-6-5-7;1-2-5-3-4-1/h2*1-7H;2-5H,1H2;1-3H,(H,4,5). The number of fused-ring (bicyclic) bond motifs is 2. The van der Waals surface area contributed by atoms with Crippen LogP contribution in [0, 0.1) is 0 Å². The third-order valence-electron chi connectivity index (χ3n) is 4.17. The van der Waals surface area contributed by atoms with E-state index in [9.17, 15) is 0 Å². The van der Waals surface area contributed by atoms with Crippen molar-refractivity contribution in [3.05, 3.63) is 129 Å². The molecule has 0 saturated carbocycles. The lowest BCUT2D eigenvalue weighted by atomic mass is 10.2. The summed E-state index contributed by atoms with van der Waals surface area (Å²) >= 11 is 0. The van der Waals surface area contributed by atoms with Crippen molar-refractivity contribution in [3.8, 4) is 0 Å². The molecule has 0 radical (unpaired) electrons. The molecule has 4 aromatic heterocycles. The normalized spacial score (nSPS) is 9.38. The van der Waals surface area contributed by atoms with Crippen LogP contribution in [0.15, 0.2) is 129 Å². The zero-order valence-corrected chi connectivity index (χ0v) is 17.6. The second-order valence-electron chi connectivity index (χ2n) is 6.35. The van der Waals surface area contributed by atoms with Crippen LogP contribution in [0.1, 0.15) is 0 Å². The molecule has 0 saturated heterocycles. The molecular weight excluding hydrogens is 396 g/mol. The molecule has 2 aromatic carbocycles. The minimum atomic E-state index is 1.06. The summed E-state index contributed by atoms with van der Waals surface area (Å²) in [6.45, 7) is 3.53. The van der Waals surface area contributed by atoms with Crippen molar-refractivity contribution in [1.82, 2.24) is 29.5 Å². The average molecular weight is 421 g/mol. The number of benzene rings is 2. The topological polar surface area (TPSA) is 72.3 Å². The van der Waals surface area contributed by atoms with Gasteiger partial charge in [0.05, 0.1) is 23.7 Å². The van der Waals surface area contributed by atoms with Gasteiger partial charge in [-0.3, -0.25) is 9.97 Å². The monoisotopic (exact) mass is 420 g/mol. The first-order valence-electron chi connectivity index (χ1n) is 9.99. The second-order valence-corrected chi connectivity index (χ2v) is 6.35. The van der Waals surface area contributed by atoms with Gasteiger partial charge in [0.25, 0.3) is 0 Å². The van der Waals surface area contributed by atoms with E-state index in [1.165, 1.54) is 10.8 Å². The Morgan fingerprint density at radius 1 is 0.688 bits per heavy atom. The van der Waals surface area contributed by atoms with Crippen molar-refractivity contribution in [2.24, 2.45) is 0 Å². The average Bonchev–Trinajstić information content (AvgIpc) is 3.62. The second kappa shape index (κ2) is 12.9. The smallest absolute Gasteiger partial charge is 0.0986 e. The Balaban J connectivity index is 0.000000125. The first kappa shape index (κ1) is 22.1. The molecule has 4 heterocycles. The number of hydrogen-bond donors (Lipinski definition) is 1. The lowest BCUT2D eigenvalue weighted by molar-refractivity contribution is 1.14. The third kappa shape index (κ3) is 7.35. The van der Waals surface area contributed by atoms with Gasteiger partial charge in [0.15, 0.2) is 0 Å². The van der Waals surface area contributed by atoms with Gasteiger partial charge in [-0.15, -0.1) is 0 Å². The molecule has 6 nitrogen and oxygen atoms in total. The van der Waals surface area contributed by atoms with E-state index in [0.29, 0.717) is 0 Å². The van der Waals surface area contributed by atoms with Crippen LogP contribution in [-0.4, -0.2) is 29.5 Å². The van der Waals surface area contributed by atoms with E-state index >= 15 is 0 Å². The zero-order chi connectivity index (χ0) is 22.3. The Bertz CT molecular complexity index is 1080. The molecule has 32 heavy (non-hydrogen) atoms. The van der Waals surface area contributed by atoms with E-state index in [4.69, 9.17) is 0 Å². The SMILES string of the molecule is C=Cn1ccnc1.c1c[nH]cn1.c1ccc2ncccc2c1.c1ccc2ncccc2c1. The lowest BCUT2D eigenvalue weighted by Crippen LogP contribution is -1.73. The molecule has 0 atom stereocenters. The van der Waals surface area contributed by atoms with Crippen LogP contribution in [0.5, 0.6) is 0 Å². The highest BCUT2D eigenvalue weighted by Crippen LogP contribution is 2.08. The minimum Gasteiger partial charge on any atom is -0.351 e. The van der Waals surface area contributed by atoms with Gasteiger partial charge in [0, 0.05) is 54.2 Å². The summed E-state index contributed by atoms with van der Waals surface area (Å²) in [5.41, 5.74) is 2.12. The molecule has 6 rings (SSSR count). The highest BCUT2D eigenvalue weighted by Gasteiger charge is 1.87. The Morgan fingerprint density at radius 3 is 1.66 bits per heavy atom. The number of aromatic nitrogens is 6. The molecule has 0 aliphatic heterocycles. The summed E-state index contributed by atoms with van der Waals surface area (Å²) in [4.78, 5) is 18.6. The Labute approximate surface area is 187 Å². The number of hydrogen-bond acceptors (Lipinski definition) is 4. The van der Waals surface area contributed by atoms with Crippen LogP contribution >= 0.6 is 0 Å². The summed E-state index contributed by atoms with van der Waals surface area (Å²) in [6, 6.07) is 24.2. The van der Waals surface area contributed by atoms with Gasteiger partial charge in [-0.25, -0.2) is 9.97 Å². The van der Waals surface area contributed by atoms with Gasteiger partial charge in [-0.1, -0.05) is 55.1 Å². The van der Waals surface area contributed by atoms with Gasteiger partial charge in [-0.2, -0.15) is 0 Å². The predicted molar refractivity (Wildman–Crippen MR) is 131 cm³/mol. The van der Waals surface area contributed by atoms with Crippen molar-refractivity contribution >= 4 is 28.0 Å². The number of pyridine rings is 2. The number of nitrogens with one attached hydrogen (secondary N) is 1. The summed E-state index contributed by atoms with van der Waals surface area (Å²) in [5, 5.41) is 2.40. The van der Waals surface area contributed by atoms with Gasteiger partial charge >= 0.3 is 0 Å². The fourth-order valence-electron chi connectivity index (χ4n) is 2.62. The molecule has 158 valence electrons. The summed E-state index contributed by atoms with van der Waals surface area (Å²) < 4.78 is 1.78. The number of H-pyrrole nitrogens is 1. The fourth-order valence-corrected chi connectivity index (χ4v) is 2.62. The van der Waals surface area contributed by atoms with Crippen LogP contribution in [0.2, 0.25) is 0 Å². The molecule has 0 amide bonds. The Kier molecular flexibility index (Phi) is 8.89. The largest absolute Gasteiger partial charge is 0.351 e. The quantitative estimate of drug-likeness (QED) is 0.361. The number of rotatable bonds is 1. The number of nitrogens with zero attached hydrogens (tertiary/aromatic N) is 5. The maximum Gasteiger partial charge on any atom is 0.0986 e. The molecule has 0 unspecified atom stereocenters. The van der Waals surface area contributed by atoms with E-state index in [1.807, 2.05) is 67.1 Å². The summed E-state index contributed by atoms with van der Waals surface area (Å²) in [6.07, 6.45) is 15.6. The van der Waals surface area contributed by atoms with Crippen LogP contribution < -0.4 is 0 Å². The van der Waals surface area contributed by atoms with Crippen LogP contribution in [0.3, 0.4) is 0 Å². The van der Waals surface area contributed by atoms with E-state index in [1.54, 1.807) is 42.0 Å². The van der Waals surface area contributed by atoms with Crippen molar-refractivity contribution in [2.45, 2.75) is 0 Å². The van der Waals surface area contributed by atoms with Gasteiger partial charge in [0.2, 0.25) is 0 Å². The predicted octanol–water partition coefficient (Wildman–Crippen LogP) is 5.86. The third-order valence-corrected chi connectivity index (χ3v) is 4.17. The van der Waals surface area contributed by atoms with Crippen molar-refractivity contribution in [1.29, 1.82) is 0 Å². The highest BCUT2D eigenvalue weighted by molar-refractivity contribution is 5.78. The van der Waals surface area contributed by atoms with Crippen LogP contribution in [0.4, 0.5) is 0 Å².